The molecule has 0 radical (unpaired) electrons. The molecule has 0 amide bonds. The minimum absolute atomic E-state index is 0.0335. The third-order valence-electron chi connectivity index (χ3n) is 2.46. The van der Waals surface area contributed by atoms with Gasteiger partial charge in [0.05, 0.1) is 10.7 Å². The van der Waals surface area contributed by atoms with Crippen LogP contribution in [0.3, 0.4) is 0 Å². The first-order chi connectivity index (χ1) is 6.68. The van der Waals surface area contributed by atoms with Gasteiger partial charge in [-0.1, -0.05) is 11.6 Å². The van der Waals surface area contributed by atoms with Gasteiger partial charge in [-0.3, -0.25) is 0 Å². The molecule has 1 heterocycles. The summed E-state index contributed by atoms with van der Waals surface area (Å²) in [6.07, 6.45) is 2.21. The Morgan fingerprint density at radius 1 is 1.29 bits per heavy atom. The lowest BCUT2D eigenvalue weighted by Crippen LogP contribution is -2.17. The summed E-state index contributed by atoms with van der Waals surface area (Å²) in [5, 5.41) is 9.60. The fourth-order valence-electron chi connectivity index (χ4n) is 1.74. The van der Waals surface area contributed by atoms with Crippen LogP contribution < -0.4 is 4.90 Å². The molecule has 2 nitrogen and oxygen atoms in total. The molecule has 2 rings (SSSR count). The van der Waals surface area contributed by atoms with Crippen molar-refractivity contribution in [3.05, 3.63) is 23.0 Å². The number of phenolic OH excluding ortho intramolecular Hbond substituents is 1. The third-order valence-corrected chi connectivity index (χ3v) is 2.75. The zero-order chi connectivity index (χ0) is 10.1. The van der Waals surface area contributed by atoms with Gasteiger partial charge < -0.3 is 10.0 Å². The van der Waals surface area contributed by atoms with Gasteiger partial charge in [0, 0.05) is 19.2 Å². The summed E-state index contributed by atoms with van der Waals surface area (Å²) in [5.74, 6) is -0.610. The van der Waals surface area contributed by atoms with Gasteiger partial charge in [-0.25, -0.2) is 4.39 Å². The normalized spacial score (nSPS) is 16.3. The number of phenols is 1. The zero-order valence-electron chi connectivity index (χ0n) is 7.63. The van der Waals surface area contributed by atoms with Crippen LogP contribution in [-0.4, -0.2) is 18.2 Å². The number of anilines is 1. The summed E-state index contributed by atoms with van der Waals surface area (Å²) in [5.41, 5.74) is 0.633. The lowest BCUT2D eigenvalue weighted by molar-refractivity contribution is 0.469. The fraction of sp³-hybridized carbons (Fsp3) is 0.400. The summed E-state index contributed by atoms with van der Waals surface area (Å²) < 4.78 is 12.9. The average Bonchev–Trinajstić information content (AvgIpc) is 2.64. The van der Waals surface area contributed by atoms with Gasteiger partial charge in [0.25, 0.3) is 0 Å². The van der Waals surface area contributed by atoms with Gasteiger partial charge in [-0.05, 0) is 18.9 Å². The second-order valence-electron chi connectivity index (χ2n) is 3.45. The van der Waals surface area contributed by atoms with Crippen molar-refractivity contribution >= 4 is 17.3 Å². The third kappa shape index (κ3) is 1.64. The molecule has 0 aliphatic carbocycles. The number of benzene rings is 1. The van der Waals surface area contributed by atoms with Crippen LogP contribution in [0, 0.1) is 5.82 Å². The Morgan fingerprint density at radius 3 is 2.57 bits per heavy atom. The highest BCUT2D eigenvalue weighted by Gasteiger charge is 2.17. The van der Waals surface area contributed by atoms with E-state index in [1.54, 1.807) is 0 Å². The van der Waals surface area contributed by atoms with Gasteiger partial charge in [0.2, 0.25) is 0 Å². The number of hydrogen-bond donors (Lipinski definition) is 1. The van der Waals surface area contributed by atoms with E-state index in [1.165, 1.54) is 6.07 Å². The molecule has 0 spiro atoms. The average molecular weight is 216 g/mol. The van der Waals surface area contributed by atoms with Gasteiger partial charge in [0.1, 0.15) is 11.6 Å². The topological polar surface area (TPSA) is 23.5 Å². The molecular formula is C10H11ClFNO. The zero-order valence-corrected chi connectivity index (χ0v) is 8.39. The second kappa shape index (κ2) is 3.65. The van der Waals surface area contributed by atoms with Crippen LogP contribution in [0.4, 0.5) is 10.1 Å². The second-order valence-corrected chi connectivity index (χ2v) is 3.86. The van der Waals surface area contributed by atoms with Crippen molar-refractivity contribution in [3.8, 4) is 5.75 Å². The predicted octanol–water partition coefficient (Wildman–Crippen LogP) is 2.78. The molecular weight excluding hydrogens is 205 g/mol. The standard InChI is InChI=1S/C10H11ClFNO/c11-7-5-9(10(14)6-8(7)12)13-3-1-2-4-13/h5-6,14H,1-4H2. The van der Waals surface area contributed by atoms with E-state index >= 15 is 0 Å². The van der Waals surface area contributed by atoms with Crippen molar-refractivity contribution < 1.29 is 9.50 Å². The SMILES string of the molecule is Oc1cc(F)c(Cl)cc1N1CCCC1. The molecule has 0 saturated carbocycles. The van der Waals surface area contributed by atoms with E-state index in [0.717, 1.165) is 32.0 Å². The molecule has 1 aromatic rings. The van der Waals surface area contributed by atoms with Crippen LogP contribution in [0.2, 0.25) is 5.02 Å². The van der Waals surface area contributed by atoms with Gasteiger partial charge in [-0.15, -0.1) is 0 Å². The van der Waals surface area contributed by atoms with Crippen molar-refractivity contribution in [2.24, 2.45) is 0 Å². The van der Waals surface area contributed by atoms with E-state index in [1.807, 2.05) is 4.90 Å². The van der Waals surface area contributed by atoms with Crippen LogP contribution in [-0.2, 0) is 0 Å². The molecule has 0 bridgehead atoms. The Bertz CT molecular complexity index is 350. The van der Waals surface area contributed by atoms with Crippen LogP contribution in [0.15, 0.2) is 12.1 Å². The molecule has 0 aromatic heterocycles. The Labute approximate surface area is 86.9 Å². The van der Waals surface area contributed by atoms with E-state index in [0.29, 0.717) is 5.69 Å². The molecule has 14 heavy (non-hydrogen) atoms. The molecule has 0 atom stereocenters. The highest BCUT2D eigenvalue weighted by Crippen LogP contribution is 2.34. The van der Waals surface area contributed by atoms with Gasteiger partial charge >= 0.3 is 0 Å². The summed E-state index contributed by atoms with van der Waals surface area (Å²) in [6.45, 7) is 1.80. The first kappa shape index (κ1) is 9.59. The molecule has 1 saturated heterocycles. The van der Waals surface area contributed by atoms with E-state index in [4.69, 9.17) is 11.6 Å². The molecule has 1 aliphatic rings. The first-order valence-corrected chi connectivity index (χ1v) is 4.99. The van der Waals surface area contributed by atoms with E-state index in [-0.39, 0.29) is 10.8 Å². The van der Waals surface area contributed by atoms with Crippen LogP contribution >= 0.6 is 11.6 Å². The summed E-state index contributed by atoms with van der Waals surface area (Å²) in [4.78, 5) is 2.01. The maximum atomic E-state index is 12.9. The molecule has 1 fully saturated rings. The largest absolute Gasteiger partial charge is 0.506 e. The lowest BCUT2D eigenvalue weighted by Gasteiger charge is -2.19. The number of aromatic hydroxyl groups is 1. The molecule has 0 unspecified atom stereocenters. The van der Waals surface area contributed by atoms with E-state index in [2.05, 4.69) is 0 Å². The Morgan fingerprint density at radius 2 is 1.93 bits per heavy atom. The van der Waals surface area contributed by atoms with E-state index in [9.17, 15) is 9.50 Å². The number of rotatable bonds is 1. The van der Waals surface area contributed by atoms with Gasteiger partial charge in [0.15, 0.2) is 0 Å². The monoisotopic (exact) mass is 215 g/mol. The quantitative estimate of drug-likeness (QED) is 0.779. The van der Waals surface area contributed by atoms with Crippen molar-refractivity contribution in [2.45, 2.75) is 12.8 Å². The first-order valence-electron chi connectivity index (χ1n) is 4.61. The maximum absolute atomic E-state index is 12.9. The number of nitrogens with zero attached hydrogens (tertiary/aromatic N) is 1. The predicted molar refractivity (Wildman–Crippen MR) is 54.5 cm³/mol. The molecule has 1 N–H and O–H groups in total. The Balaban J connectivity index is 2.37. The minimum Gasteiger partial charge on any atom is -0.506 e. The summed E-state index contributed by atoms with van der Waals surface area (Å²) in [6, 6.07) is 2.55. The fourth-order valence-corrected chi connectivity index (χ4v) is 1.90. The minimum atomic E-state index is -0.577. The smallest absolute Gasteiger partial charge is 0.145 e. The molecule has 4 heteroatoms. The Kier molecular flexibility index (Phi) is 2.50. The van der Waals surface area contributed by atoms with Gasteiger partial charge in [-0.2, -0.15) is 0 Å². The number of hydrogen-bond acceptors (Lipinski definition) is 2. The maximum Gasteiger partial charge on any atom is 0.145 e. The summed E-state index contributed by atoms with van der Waals surface area (Å²) >= 11 is 5.65. The van der Waals surface area contributed by atoms with Crippen LogP contribution in [0.25, 0.3) is 0 Å². The lowest BCUT2D eigenvalue weighted by atomic mass is 10.2. The molecule has 76 valence electrons. The molecule has 1 aliphatic heterocycles. The highest BCUT2D eigenvalue weighted by molar-refractivity contribution is 6.31. The van der Waals surface area contributed by atoms with Crippen molar-refractivity contribution in [1.82, 2.24) is 0 Å². The number of halogens is 2. The van der Waals surface area contributed by atoms with Crippen LogP contribution in [0.1, 0.15) is 12.8 Å². The molecule has 1 aromatic carbocycles. The highest BCUT2D eigenvalue weighted by atomic mass is 35.5. The van der Waals surface area contributed by atoms with E-state index < -0.39 is 5.82 Å². The van der Waals surface area contributed by atoms with Crippen molar-refractivity contribution in [2.75, 3.05) is 18.0 Å². The van der Waals surface area contributed by atoms with Crippen LogP contribution in [0.5, 0.6) is 5.75 Å². The summed E-state index contributed by atoms with van der Waals surface area (Å²) in [7, 11) is 0. The van der Waals surface area contributed by atoms with Crippen molar-refractivity contribution in [3.63, 3.8) is 0 Å². The Hall–Kier alpha value is -0.960. The van der Waals surface area contributed by atoms with Crippen molar-refractivity contribution in [1.29, 1.82) is 0 Å².